The molecule has 5 atom stereocenters. The summed E-state index contributed by atoms with van der Waals surface area (Å²) in [5.74, 6) is -0.383. The highest BCUT2D eigenvalue weighted by Crippen LogP contribution is 2.40. The number of halogens is 3. The summed E-state index contributed by atoms with van der Waals surface area (Å²) in [5.41, 5.74) is -0.751. The molecule has 0 heterocycles. The van der Waals surface area contributed by atoms with Gasteiger partial charge >= 0.3 is 12.1 Å². The van der Waals surface area contributed by atoms with Crippen molar-refractivity contribution in [3.05, 3.63) is 61.1 Å². The molecule has 1 aromatic carbocycles. The summed E-state index contributed by atoms with van der Waals surface area (Å²) >= 11 is 0. The molecule has 0 aliphatic heterocycles. The lowest BCUT2D eigenvalue weighted by molar-refractivity contribution is -0.138. The minimum Gasteiger partial charge on any atom is -0.496 e. The van der Waals surface area contributed by atoms with E-state index in [2.05, 4.69) is 13.8 Å². The van der Waals surface area contributed by atoms with Gasteiger partial charge in [0.25, 0.3) is 0 Å². The van der Waals surface area contributed by atoms with Gasteiger partial charge in [0.2, 0.25) is 0 Å². The largest absolute Gasteiger partial charge is 0.496 e. The van der Waals surface area contributed by atoms with Crippen LogP contribution in [0.2, 0.25) is 0 Å². The molecule has 1 fully saturated rings. The zero-order valence-corrected chi connectivity index (χ0v) is 18.3. The second-order valence-corrected chi connectivity index (χ2v) is 8.50. The third-order valence-corrected chi connectivity index (χ3v) is 5.83. The third-order valence-electron chi connectivity index (χ3n) is 5.83. The third kappa shape index (κ3) is 8.34. The second kappa shape index (κ2) is 12.1. The van der Waals surface area contributed by atoms with Crippen LogP contribution >= 0.6 is 0 Å². The number of allylic oxidation sites excluding steroid dienone is 3. The van der Waals surface area contributed by atoms with Crippen molar-refractivity contribution in [2.75, 3.05) is 6.61 Å². The van der Waals surface area contributed by atoms with Crippen LogP contribution in [-0.4, -0.2) is 28.9 Å². The highest BCUT2D eigenvalue weighted by Gasteiger charge is 2.37. The van der Waals surface area contributed by atoms with Crippen molar-refractivity contribution in [1.29, 1.82) is 0 Å². The fraction of sp³-hybridized carbons (Fsp3) is 0.520. The van der Waals surface area contributed by atoms with Gasteiger partial charge in [0, 0.05) is 6.42 Å². The van der Waals surface area contributed by atoms with Gasteiger partial charge in [-0.15, -0.1) is 12.0 Å². The van der Waals surface area contributed by atoms with E-state index in [-0.39, 0.29) is 36.5 Å². The van der Waals surface area contributed by atoms with Gasteiger partial charge in [-0.2, -0.15) is 13.2 Å². The Balaban J connectivity index is 1.87. The Bertz CT molecular complexity index is 788. The first-order valence-electron chi connectivity index (χ1n) is 10.9. The van der Waals surface area contributed by atoms with Crippen molar-refractivity contribution in [3.8, 4) is 5.75 Å². The Morgan fingerprint density at radius 3 is 2.78 bits per heavy atom. The molecule has 178 valence electrons. The van der Waals surface area contributed by atoms with Crippen LogP contribution in [-0.2, 0) is 11.0 Å². The number of ether oxygens (including phenoxy) is 1. The fourth-order valence-corrected chi connectivity index (χ4v) is 4.09. The maximum Gasteiger partial charge on any atom is 0.416 e. The molecule has 1 aliphatic rings. The van der Waals surface area contributed by atoms with E-state index in [1.807, 2.05) is 24.3 Å². The molecule has 2 rings (SSSR count). The highest BCUT2D eigenvalue weighted by molar-refractivity contribution is 5.66. The van der Waals surface area contributed by atoms with Crippen molar-refractivity contribution in [3.63, 3.8) is 0 Å². The average Bonchev–Trinajstić information content (AvgIpc) is 2.99. The maximum absolute atomic E-state index is 12.8. The minimum absolute atomic E-state index is 0.0635. The molecular weight excluding hydrogens is 421 g/mol. The van der Waals surface area contributed by atoms with Gasteiger partial charge in [-0.25, -0.2) is 0 Å². The molecule has 1 saturated carbocycles. The second-order valence-electron chi connectivity index (χ2n) is 8.50. The number of carboxylic acid groups (broad SMARTS) is 1. The van der Waals surface area contributed by atoms with Crippen molar-refractivity contribution < 1.29 is 32.9 Å². The zero-order chi connectivity index (χ0) is 23.7. The predicted molar refractivity (Wildman–Crippen MR) is 117 cm³/mol. The first kappa shape index (κ1) is 26.0. The van der Waals surface area contributed by atoms with Gasteiger partial charge in [-0.05, 0) is 61.6 Å². The summed E-state index contributed by atoms with van der Waals surface area (Å²) in [5, 5.41) is 19.1. The molecular formula is C25H32F3O4-. The number of carbonyl (C=O) groups is 1. The molecule has 0 radical (unpaired) electrons. The highest BCUT2D eigenvalue weighted by atomic mass is 19.4. The lowest BCUT2D eigenvalue weighted by atomic mass is 9.86. The zero-order valence-electron chi connectivity index (χ0n) is 18.3. The van der Waals surface area contributed by atoms with Crippen LogP contribution in [0.5, 0.6) is 5.75 Å². The molecule has 0 amide bonds. The SMILES string of the molecule is [CH2-]C(/C=C/C1C(C)CC(O)C1C/C=C\CCCC(=O)O)COc1cccc(C(F)(F)F)c1. The Labute approximate surface area is 187 Å². The number of hydrogen-bond donors (Lipinski definition) is 2. The summed E-state index contributed by atoms with van der Waals surface area (Å²) < 4.78 is 44.0. The number of aliphatic carboxylic acids is 1. The van der Waals surface area contributed by atoms with Crippen LogP contribution in [0.15, 0.2) is 48.6 Å². The molecule has 4 nitrogen and oxygen atoms in total. The number of aliphatic hydroxyl groups excluding tert-OH is 1. The van der Waals surface area contributed by atoms with Crippen LogP contribution in [0.3, 0.4) is 0 Å². The van der Waals surface area contributed by atoms with Gasteiger partial charge < -0.3 is 21.9 Å². The fourth-order valence-electron chi connectivity index (χ4n) is 4.09. The number of aliphatic hydroxyl groups is 1. The lowest BCUT2D eigenvalue weighted by Crippen LogP contribution is -2.18. The lowest BCUT2D eigenvalue weighted by Gasteiger charge is -2.22. The van der Waals surface area contributed by atoms with Gasteiger partial charge in [0.15, 0.2) is 0 Å². The van der Waals surface area contributed by atoms with Crippen molar-refractivity contribution in [1.82, 2.24) is 0 Å². The van der Waals surface area contributed by atoms with Crippen LogP contribution in [0.1, 0.15) is 44.6 Å². The molecule has 2 N–H and O–H groups in total. The van der Waals surface area contributed by atoms with E-state index < -0.39 is 23.8 Å². The van der Waals surface area contributed by atoms with Crippen LogP contribution in [0.4, 0.5) is 13.2 Å². The van der Waals surface area contributed by atoms with Gasteiger partial charge in [-0.3, -0.25) is 4.79 Å². The average molecular weight is 454 g/mol. The Hall–Kier alpha value is -2.28. The van der Waals surface area contributed by atoms with Gasteiger partial charge in [0.05, 0.1) is 18.3 Å². The first-order chi connectivity index (χ1) is 15.1. The van der Waals surface area contributed by atoms with E-state index in [9.17, 15) is 23.1 Å². The standard InChI is InChI=1S/C25H32F3O4/c1-17(16-32-20-9-7-8-19(15-20)25(26,27)28)12-13-21-18(2)14-23(29)22(21)10-5-3-4-6-11-24(30)31/h3,5,7-9,12-13,15,17-18,21-23,29H,1,4,6,10-11,14,16H2,2H3,(H,30,31)/q-1/b5-3-,13-12+. The summed E-state index contributed by atoms with van der Waals surface area (Å²) in [7, 11) is 0. The van der Waals surface area contributed by atoms with Crippen LogP contribution in [0.25, 0.3) is 0 Å². The summed E-state index contributed by atoms with van der Waals surface area (Å²) in [6.45, 7) is 6.24. The normalized spacial score (nSPS) is 24.9. The van der Waals surface area contributed by atoms with Crippen molar-refractivity contribution >= 4 is 5.97 Å². The topological polar surface area (TPSA) is 66.8 Å². The number of carboxylic acids is 1. The molecule has 0 aromatic heterocycles. The molecule has 0 saturated heterocycles. The van der Waals surface area contributed by atoms with E-state index in [1.165, 1.54) is 12.1 Å². The Morgan fingerprint density at radius 1 is 1.34 bits per heavy atom. The number of hydrogen-bond acceptors (Lipinski definition) is 3. The smallest absolute Gasteiger partial charge is 0.416 e. The number of rotatable bonds is 11. The van der Waals surface area contributed by atoms with E-state index in [4.69, 9.17) is 9.84 Å². The van der Waals surface area contributed by atoms with Crippen LogP contribution in [0, 0.1) is 30.6 Å². The van der Waals surface area contributed by atoms with Crippen LogP contribution < -0.4 is 4.74 Å². The summed E-state index contributed by atoms with van der Waals surface area (Å²) in [6.07, 6.45) is 5.92. The van der Waals surface area contributed by atoms with Crippen molar-refractivity contribution in [2.24, 2.45) is 23.7 Å². The predicted octanol–water partition coefficient (Wildman–Crippen LogP) is 5.92. The molecule has 1 aliphatic carbocycles. The Kier molecular flexibility index (Phi) is 9.82. The first-order valence-corrected chi connectivity index (χ1v) is 10.9. The molecule has 1 aromatic rings. The maximum atomic E-state index is 12.8. The van der Waals surface area contributed by atoms with E-state index in [0.29, 0.717) is 31.6 Å². The van der Waals surface area contributed by atoms with E-state index in [1.54, 1.807) is 0 Å². The Morgan fingerprint density at radius 2 is 2.09 bits per heavy atom. The number of unbranched alkanes of at least 4 members (excludes halogenated alkanes) is 1. The quantitative estimate of drug-likeness (QED) is 0.248. The number of benzene rings is 1. The van der Waals surface area contributed by atoms with E-state index in [0.717, 1.165) is 12.1 Å². The molecule has 5 unspecified atom stereocenters. The molecule has 0 spiro atoms. The summed E-state index contributed by atoms with van der Waals surface area (Å²) in [6, 6.07) is 4.78. The molecule has 7 heteroatoms. The van der Waals surface area contributed by atoms with Crippen molar-refractivity contribution in [2.45, 2.75) is 51.3 Å². The van der Waals surface area contributed by atoms with Gasteiger partial charge in [0.1, 0.15) is 5.75 Å². The molecule has 0 bridgehead atoms. The minimum atomic E-state index is -4.41. The summed E-state index contributed by atoms with van der Waals surface area (Å²) in [4.78, 5) is 10.5. The monoisotopic (exact) mass is 453 g/mol. The van der Waals surface area contributed by atoms with E-state index >= 15 is 0 Å². The molecule has 32 heavy (non-hydrogen) atoms. The van der Waals surface area contributed by atoms with Gasteiger partial charge in [-0.1, -0.05) is 31.2 Å². The number of alkyl halides is 3.